The first-order valence-electron chi connectivity index (χ1n) is 6.50. The van der Waals surface area contributed by atoms with E-state index in [0.717, 1.165) is 28.8 Å². The zero-order valence-corrected chi connectivity index (χ0v) is 12.7. The molecule has 106 valence electrons. The Bertz CT molecular complexity index is 609. The summed E-state index contributed by atoms with van der Waals surface area (Å²) in [6.45, 7) is 7.04. The Hall–Kier alpha value is -1.95. The number of aromatic nitrogens is 2. The summed E-state index contributed by atoms with van der Waals surface area (Å²) >= 11 is 1.58. The van der Waals surface area contributed by atoms with Gasteiger partial charge in [-0.1, -0.05) is 0 Å². The molecule has 2 aromatic heterocycles. The lowest BCUT2D eigenvalue weighted by atomic mass is 10.2. The molecule has 0 unspecified atom stereocenters. The summed E-state index contributed by atoms with van der Waals surface area (Å²) in [4.78, 5) is 20.8. The van der Waals surface area contributed by atoms with Gasteiger partial charge in [0.1, 0.15) is 5.82 Å². The van der Waals surface area contributed by atoms with Crippen LogP contribution in [0.3, 0.4) is 0 Å². The van der Waals surface area contributed by atoms with Crippen molar-refractivity contribution in [2.24, 2.45) is 0 Å². The number of nitrogens with zero attached hydrogens (tertiary/aromatic N) is 2. The zero-order valence-electron chi connectivity index (χ0n) is 11.9. The molecule has 0 aliphatic rings. The van der Waals surface area contributed by atoms with Crippen molar-refractivity contribution in [2.75, 3.05) is 11.9 Å². The average Bonchev–Trinajstić information content (AvgIpc) is 2.81. The first kappa shape index (κ1) is 14.5. The number of amides is 1. The van der Waals surface area contributed by atoms with Crippen molar-refractivity contribution < 1.29 is 4.79 Å². The van der Waals surface area contributed by atoms with E-state index in [1.165, 1.54) is 0 Å². The van der Waals surface area contributed by atoms with Crippen molar-refractivity contribution in [1.29, 1.82) is 0 Å². The molecule has 0 radical (unpaired) electrons. The van der Waals surface area contributed by atoms with Crippen molar-refractivity contribution >= 4 is 23.1 Å². The maximum atomic E-state index is 12.1. The molecule has 0 fully saturated rings. The van der Waals surface area contributed by atoms with Crippen LogP contribution in [0.25, 0.3) is 0 Å². The minimum Gasteiger partial charge on any atom is -0.370 e. The quantitative estimate of drug-likeness (QED) is 0.888. The molecule has 6 heteroatoms. The Kier molecular flexibility index (Phi) is 4.68. The highest BCUT2D eigenvalue weighted by Crippen LogP contribution is 2.11. The van der Waals surface area contributed by atoms with Gasteiger partial charge in [-0.05, 0) is 32.9 Å². The van der Waals surface area contributed by atoms with Crippen molar-refractivity contribution in [2.45, 2.75) is 27.3 Å². The van der Waals surface area contributed by atoms with Gasteiger partial charge in [0.2, 0.25) is 0 Å². The monoisotopic (exact) mass is 290 g/mol. The Balaban J connectivity index is 2.04. The lowest BCUT2D eigenvalue weighted by Crippen LogP contribution is -2.23. The summed E-state index contributed by atoms with van der Waals surface area (Å²) in [5.41, 5.74) is 2.32. The van der Waals surface area contributed by atoms with Gasteiger partial charge in [0, 0.05) is 23.2 Å². The van der Waals surface area contributed by atoms with Gasteiger partial charge in [-0.15, -0.1) is 11.3 Å². The molecule has 20 heavy (non-hydrogen) atoms. The van der Waals surface area contributed by atoms with E-state index < -0.39 is 0 Å². The molecule has 2 N–H and O–H groups in total. The highest BCUT2D eigenvalue weighted by Gasteiger charge is 2.09. The van der Waals surface area contributed by atoms with Crippen molar-refractivity contribution in [3.63, 3.8) is 0 Å². The van der Waals surface area contributed by atoms with E-state index in [2.05, 4.69) is 20.6 Å². The van der Waals surface area contributed by atoms with Crippen LogP contribution in [0.4, 0.5) is 5.82 Å². The fraction of sp³-hybridized carbons (Fsp3) is 0.357. The molecular formula is C14H18N4OS. The Morgan fingerprint density at radius 2 is 2.10 bits per heavy atom. The molecule has 1 amide bonds. The number of anilines is 1. The third-order valence-corrected chi connectivity index (χ3v) is 3.49. The highest BCUT2D eigenvalue weighted by molar-refractivity contribution is 7.09. The molecule has 0 aliphatic heterocycles. The fourth-order valence-electron chi connectivity index (χ4n) is 1.83. The van der Waals surface area contributed by atoms with Crippen LogP contribution >= 0.6 is 11.3 Å². The van der Waals surface area contributed by atoms with Crippen LogP contribution in [-0.4, -0.2) is 22.4 Å². The van der Waals surface area contributed by atoms with Crippen molar-refractivity contribution in [3.8, 4) is 0 Å². The van der Waals surface area contributed by atoms with E-state index >= 15 is 0 Å². The normalized spacial score (nSPS) is 10.3. The molecule has 0 saturated heterocycles. The van der Waals surface area contributed by atoms with Gasteiger partial charge in [-0.25, -0.2) is 9.97 Å². The van der Waals surface area contributed by atoms with Crippen LogP contribution in [0.1, 0.15) is 33.7 Å². The molecule has 0 bridgehead atoms. The van der Waals surface area contributed by atoms with Crippen LogP contribution in [0.2, 0.25) is 0 Å². The van der Waals surface area contributed by atoms with Crippen LogP contribution < -0.4 is 10.6 Å². The molecular weight excluding hydrogens is 272 g/mol. The van der Waals surface area contributed by atoms with E-state index in [4.69, 9.17) is 0 Å². The third-order valence-electron chi connectivity index (χ3n) is 2.67. The van der Waals surface area contributed by atoms with Gasteiger partial charge in [-0.3, -0.25) is 4.79 Å². The van der Waals surface area contributed by atoms with Crippen molar-refractivity contribution in [1.82, 2.24) is 15.3 Å². The van der Waals surface area contributed by atoms with Gasteiger partial charge in [0.15, 0.2) is 0 Å². The first-order chi connectivity index (χ1) is 9.58. The minimum atomic E-state index is -0.111. The SMILES string of the molecule is CCNc1cc(C(=O)NCc2csc(C)n2)cc(C)n1. The maximum absolute atomic E-state index is 12.1. The van der Waals surface area contributed by atoms with E-state index in [1.54, 1.807) is 23.5 Å². The van der Waals surface area contributed by atoms with Gasteiger partial charge in [0.05, 0.1) is 17.2 Å². The molecule has 0 spiro atoms. The van der Waals surface area contributed by atoms with Crippen LogP contribution in [0, 0.1) is 13.8 Å². The predicted octanol–water partition coefficient (Wildman–Crippen LogP) is 2.52. The average molecular weight is 290 g/mol. The second-order valence-electron chi connectivity index (χ2n) is 4.45. The number of carbonyl (C=O) groups excluding carboxylic acids is 1. The Labute approximate surface area is 122 Å². The number of thiazole rings is 1. The largest absolute Gasteiger partial charge is 0.370 e. The second-order valence-corrected chi connectivity index (χ2v) is 5.52. The molecule has 2 aromatic rings. The molecule has 2 heterocycles. The number of hydrogen-bond acceptors (Lipinski definition) is 5. The maximum Gasteiger partial charge on any atom is 0.251 e. The summed E-state index contributed by atoms with van der Waals surface area (Å²) in [6, 6.07) is 3.54. The number of carbonyl (C=O) groups is 1. The predicted molar refractivity (Wildman–Crippen MR) is 81.2 cm³/mol. The summed E-state index contributed by atoms with van der Waals surface area (Å²) in [6.07, 6.45) is 0. The Morgan fingerprint density at radius 1 is 1.30 bits per heavy atom. The standard InChI is InChI=1S/C14H18N4OS/c1-4-15-13-6-11(5-9(2)17-13)14(19)16-7-12-8-20-10(3)18-12/h5-6,8H,4,7H2,1-3H3,(H,15,17)(H,16,19). The Morgan fingerprint density at radius 3 is 2.75 bits per heavy atom. The topological polar surface area (TPSA) is 66.9 Å². The fourth-order valence-corrected chi connectivity index (χ4v) is 2.45. The van der Waals surface area contributed by atoms with E-state index in [9.17, 15) is 4.79 Å². The number of aryl methyl sites for hydroxylation is 2. The number of hydrogen-bond donors (Lipinski definition) is 2. The van der Waals surface area contributed by atoms with Gasteiger partial charge >= 0.3 is 0 Å². The molecule has 0 aliphatic carbocycles. The van der Waals surface area contributed by atoms with Gasteiger partial charge in [0.25, 0.3) is 5.91 Å². The molecule has 2 rings (SSSR count). The molecule has 0 aromatic carbocycles. The lowest BCUT2D eigenvalue weighted by Gasteiger charge is -2.08. The summed E-state index contributed by atoms with van der Waals surface area (Å²) in [5.74, 6) is 0.613. The van der Waals surface area contributed by atoms with E-state index in [-0.39, 0.29) is 5.91 Å². The summed E-state index contributed by atoms with van der Waals surface area (Å²) in [7, 11) is 0. The van der Waals surface area contributed by atoms with Gasteiger partial charge < -0.3 is 10.6 Å². The molecule has 0 atom stereocenters. The van der Waals surface area contributed by atoms with E-state index in [0.29, 0.717) is 12.1 Å². The molecule has 5 nitrogen and oxygen atoms in total. The smallest absolute Gasteiger partial charge is 0.251 e. The minimum absolute atomic E-state index is 0.111. The first-order valence-corrected chi connectivity index (χ1v) is 7.38. The number of nitrogens with one attached hydrogen (secondary N) is 2. The van der Waals surface area contributed by atoms with Crippen molar-refractivity contribution in [3.05, 3.63) is 39.5 Å². The van der Waals surface area contributed by atoms with Crippen LogP contribution in [0.15, 0.2) is 17.5 Å². The zero-order chi connectivity index (χ0) is 14.5. The van der Waals surface area contributed by atoms with Crippen LogP contribution in [0.5, 0.6) is 0 Å². The third kappa shape index (κ3) is 3.77. The van der Waals surface area contributed by atoms with E-state index in [1.807, 2.05) is 26.2 Å². The number of rotatable bonds is 5. The second kappa shape index (κ2) is 6.47. The lowest BCUT2D eigenvalue weighted by molar-refractivity contribution is 0.0950. The summed E-state index contributed by atoms with van der Waals surface area (Å²) in [5, 5.41) is 8.95. The number of pyridine rings is 1. The van der Waals surface area contributed by atoms with Crippen LogP contribution in [-0.2, 0) is 6.54 Å². The summed E-state index contributed by atoms with van der Waals surface area (Å²) < 4.78 is 0. The molecule has 0 saturated carbocycles. The van der Waals surface area contributed by atoms with Gasteiger partial charge in [-0.2, -0.15) is 0 Å². The highest BCUT2D eigenvalue weighted by atomic mass is 32.1.